The van der Waals surface area contributed by atoms with Crippen LogP contribution in [0.4, 0.5) is 10.5 Å². The van der Waals surface area contributed by atoms with Gasteiger partial charge in [-0.15, -0.1) is 6.58 Å². The van der Waals surface area contributed by atoms with Crippen LogP contribution in [0, 0.1) is 0 Å². The molecule has 29 heteroatoms. The Balaban J connectivity index is 1.08. The number of aliphatic hydroxyl groups is 12. The van der Waals surface area contributed by atoms with E-state index in [1.807, 2.05) is 0 Å². The van der Waals surface area contributed by atoms with Gasteiger partial charge in [0.25, 0.3) is 15.4 Å². The van der Waals surface area contributed by atoms with Crippen LogP contribution in [0.25, 0.3) is 10.8 Å². The van der Waals surface area contributed by atoms with Gasteiger partial charge in [-0.25, -0.2) is 0 Å². The Kier molecular flexibility index (Phi) is 20.2. The summed E-state index contributed by atoms with van der Waals surface area (Å²) in [6.07, 6.45) is -32.4. The number of benzene rings is 2. The van der Waals surface area contributed by atoms with Gasteiger partial charge in [0.05, 0.1) is 33.0 Å². The van der Waals surface area contributed by atoms with Crippen molar-refractivity contribution in [3.63, 3.8) is 0 Å². The number of fused-ring (bicyclic) bond motifs is 1. The molecule has 0 unspecified atom stereocenters. The van der Waals surface area contributed by atoms with Crippen molar-refractivity contribution in [2.45, 2.75) is 127 Å². The first-order valence-electron chi connectivity index (χ1n) is 21.4. The van der Waals surface area contributed by atoms with Crippen molar-refractivity contribution in [2.75, 3.05) is 51.4 Å². The van der Waals surface area contributed by atoms with Crippen molar-refractivity contribution in [3.05, 3.63) is 49.1 Å². The van der Waals surface area contributed by atoms with Crippen LogP contribution < -0.4 is 10.6 Å². The number of hydrogen-bond acceptors (Lipinski definition) is 26. The maximum atomic E-state index is 12.8. The molecule has 4 fully saturated rings. The van der Waals surface area contributed by atoms with Crippen molar-refractivity contribution in [1.82, 2.24) is 5.32 Å². The lowest BCUT2D eigenvalue weighted by atomic mass is 9.95. The highest BCUT2D eigenvalue weighted by Crippen LogP contribution is 2.39. The highest BCUT2D eigenvalue weighted by molar-refractivity contribution is 8.82. The summed E-state index contributed by atoms with van der Waals surface area (Å²) in [5.74, 6) is 0. The quantitative estimate of drug-likeness (QED) is 0.0256. The largest absolute Gasteiger partial charge is 0.394 e. The third-order valence-corrected chi connectivity index (χ3v) is 14.9. The Morgan fingerprint density at radius 2 is 1.07 bits per heavy atom. The first-order valence-corrected chi connectivity index (χ1v) is 25.1. The fraction of sp³-hybridized carbons (Fsp3) is 0.675. The van der Waals surface area contributed by atoms with E-state index in [2.05, 4.69) is 17.2 Å². The lowest BCUT2D eigenvalue weighted by Gasteiger charge is -2.49. The number of rotatable bonds is 20. The molecule has 20 atom stereocenters. The minimum Gasteiger partial charge on any atom is -0.394 e. The number of nitrogens with one attached hydrogen (secondary N) is 2. The minimum atomic E-state index is -4.50. The summed E-state index contributed by atoms with van der Waals surface area (Å²) in [5, 5.41) is 135. The molecule has 0 aliphatic carbocycles. The molecule has 0 bridgehead atoms. The molecule has 4 aliphatic rings. The minimum absolute atomic E-state index is 0.0504. The zero-order valence-electron chi connectivity index (χ0n) is 36.3. The van der Waals surface area contributed by atoms with E-state index in [1.165, 1.54) is 24.3 Å². The molecule has 4 heterocycles. The number of hydrogen-bond donors (Lipinski definition) is 15. The zero-order chi connectivity index (χ0) is 50.3. The van der Waals surface area contributed by atoms with Crippen molar-refractivity contribution in [2.24, 2.45) is 0 Å². The van der Waals surface area contributed by atoms with Gasteiger partial charge in [0.2, 0.25) is 0 Å². The number of carbonyl (C=O) groups is 1. The number of anilines is 1. The summed E-state index contributed by atoms with van der Waals surface area (Å²) < 4.78 is 78.5. The molecule has 0 aromatic heterocycles. The molecule has 0 radical (unpaired) electrons. The highest BCUT2D eigenvalue weighted by Gasteiger charge is 2.56. The molecule has 2 aromatic carbocycles. The van der Waals surface area contributed by atoms with E-state index in [0.29, 0.717) is 32.7 Å². The summed E-state index contributed by atoms with van der Waals surface area (Å²) in [6.45, 7) is 0.0983. The number of ether oxygens (including phenoxy) is 8. The van der Waals surface area contributed by atoms with Crippen LogP contribution in [0.15, 0.2) is 53.9 Å². The summed E-state index contributed by atoms with van der Waals surface area (Å²) in [4.78, 5) is 12.6. The molecule has 69 heavy (non-hydrogen) atoms. The van der Waals surface area contributed by atoms with Crippen molar-refractivity contribution < 1.29 is 117 Å². The normalized spacial score (nSPS) is 38.7. The van der Waals surface area contributed by atoms with E-state index in [4.69, 9.17) is 37.9 Å². The summed E-state index contributed by atoms with van der Waals surface area (Å²) >= 11 is 0. The van der Waals surface area contributed by atoms with E-state index in [1.54, 1.807) is 18.2 Å². The Morgan fingerprint density at radius 1 is 0.623 bits per heavy atom. The summed E-state index contributed by atoms with van der Waals surface area (Å²) in [7, 11) is -3.24. The van der Waals surface area contributed by atoms with Crippen LogP contribution in [-0.2, 0) is 48.0 Å². The second kappa shape index (κ2) is 25.0. The number of aliphatic hydroxyl groups excluding tert-OH is 12. The van der Waals surface area contributed by atoms with Gasteiger partial charge in [0, 0.05) is 40.3 Å². The standard InChI is InChI=1S/C40H58N2O24S3/c1-2-11-59-32-24(47)19(12-43)60-36(28(32)51)64-33-25(48)20(13-44)61-37(29(33)52)65-34-26(49)21(14-45)62-38(30(34)53)66-35-27(50)22(15-46)63-39(31(35)54)67-68-40(55)42-10-9-41-18-7-3-6-17-16(18)5-4-8-23(17)69(56,57)58/h2-8,19-22,24-39,41,43-54H,1,9-15H2,(H,42,55)(H,56,57,58)/t19-,20-,21-,22-,24-,25-,26-,27-,28-,29-,30-,31-,32+,33+,34+,35+,36+,37+,38+,39+/m1/s1. The van der Waals surface area contributed by atoms with Crippen molar-refractivity contribution in [1.29, 1.82) is 0 Å². The maximum absolute atomic E-state index is 12.8. The van der Waals surface area contributed by atoms with Crippen molar-refractivity contribution >= 4 is 53.4 Å². The molecule has 6 rings (SSSR count). The van der Waals surface area contributed by atoms with Crippen LogP contribution in [0.5, 0.6) is 0 Å². The summed E-state index contributed by atoms with van der Waals surface area (Å²) in [6, 6.07) is 9.16. The third-order valence-electron chi connectivity index (χ3n) is 11.7. The Morgan fingerprint density at radius 3 is 1.57 bits per heavy atom. The number of carbonyl (C=O) groups excluding carboxylic acids is 1. The highest BCUT2D eigenvalue weighted by atomic mass is 33.1. The maximum Gasteiger partial charge on any atom is 0.295 e. The SMILES string of the molecule is C=CCO[C@@H]1[C@@H](O)[C@H](O[C@@H]2[C@@H](O)[C@H](O[C@@H]3[C@@H](O)[C@H](O[C@@H]4[C@@H](O)[C@H](SSC(=O)NCCNc5cccc6c(S(=O)(=O)O)cccc56)O[C@H](CO)[C@H]4O)O[C@H](CO)[C@H]3O)O[C@H](CO)[C@H]2O)O[C@H](CO)[C@H]1O. The second-order valence-electron chi connectivity index (χ2n) is 16.2. The lowest BCUT2D eigenvalue weighted by molar-refractivity contribution is -0.387. The van der Waals surface area contributed by atoms with Crippen LogP contribution in [0.3, 0.4) is 0 Å². The Hall–Kier alpha value is -2.48. The summed E-state index contributed by atoms with van der Waals surface area (Å²) in [5.41, 5.74) is -0.872. The van der Waals surface area contributed by atoms with Crippen LogP contribution in [0.2, 0.25) is 0 Å². The van der Waals surface area contributed by atoms with E-state index >= 15 is 0 Å². The van der Waals surface area contributed by atoms with Crippen LogP contribution in [-0.4, -0.2) is 248 Å². The zero-order valence-corrected chi connectivity index (χ0v) is 38.7. The average molecular weight is 1050 g/mol. The topological polar surface area (TPSA) is 412 Å². The smallest absolute Gasteiger partial charge is 0.295 e. The first-order chi connectivity index (χ1) is 32.9. The van der Waals surface area contributed by atoms with E-state index in [0.717, 1.165) is 0 Å². The monoisotopic (exact) mass is 1050 g/mol. The molecule has 4 aliphatic heterocycles. The van der Waals surface area contributed by atoms with Crippen LogP contribution in [0.1, 0.15) is 0 Å². The van der Waals surface area contributed by atoms with Gasteiger partial charge in [0.1, 0.15) is 108 Å². The van der Waals surface area contributed by atoms with Crippen LogP contribution >= 0.6 is 21.6 Å². The third kappa shape index (κ3) is 12.8. The van der Waals surface area contributed by atoms with Gasteiger partial charge in [-0.3, -0.25) is 9.35 Å². The van der Waals surface area contributed by atoms with Gasteiger partial charge >= 0.3 is 0 Å². The molecule has 4 saturated heterocycles. The average Bonchev–Trinajstić information content (AvgIpc) is 3.33. The molecule has 0 spiro atoms. The fourth-order valence-electron chi connectivity index (χ4n) is 8.09. The van der Waals surface area contributed by atoms with E-state index in [9.17, 15) is 79.0 Å². The number of amides is 1. The van der Waals surface area contributed by atoms with Gasteiger partial charge in [0.15, 0.2) is 18.9 Å². The fourth-order valence-corrected chi connectivity index (χ4v) is 10.8. The molecule has 0 saturated carbocycles. The van der Waals surface area contributed by atoms with Gasteiger partial charge in [-0.05, 0) is 22.9 Å². The molecular formula is C40H58N2O24S3. The Bertz CT molecular complexity index is 2100. The van der Waals surface area contributed by atoms with Gasteiger partial charge < -0.3 is 110 Å². The first kappa shape index (κ1) is 55.8. The predicted molar refractivity (Wildman–Crippen MR) is 236 cm³/mol. The van der Waals surface area contributed by atoms with Gasteiger partial charge in [-0.1, -0.05) is 30.3 Å². The Labute approximate surface area is 401 Å². The molecule has 15 N–H and O–H groups in total. The van der Waals surface area contributed by atoms with E-state index < -0.39 is 164 Å². The lowest BCUT2D eigenvalue weighted by Crippen LogP contribution is -2.67. The van der Waals surface area contributed by atoms with Crippen molar-refractivity contribution in [3.8, 4) is 0 Å². The molecule has 1 amide bonds. The predicted octanol–water partition coefficient (Wildman–Crippen LogP) is -4.93. The molecular weight excluding hydrogens is 989 g/mol. The van der Waals surface area contributed by atoms with Gasteiger partial charge in [-0.2, -0.15) is 8.42 Å². The molecule has 2 aromatic rings. The molecule has 26 nitrogen and oxygen atoms in total. The van der Waals surface area contributed by atoms with E-state index in [-0.39, 0.29) is 30.0 Å². The second-order valence-corrected chi connectivity index (χ2v) is 19.8. The molecule has 390 valence electrons.